The molecule has 0 radical (unpaired) electrons. The SMILES string of the molecule is CC(N)/C=C/c1cc(Br)cc(Br)c1. The van der Waals surface area contributed by atoms with Gasteiger partial charge in [0.1, 0.15) is 0 Å². The van der Waals surface area contributed by atoms with Gasteiger partial charge in [0.25, 0.3) is 0 Å². The van der Waals surface area contributed by atoms with E-state index in [1.54, 1.807) is 0 Å². The highest BCUT2D eigenvalue weighted by Gasteiger charge is 1.94. The summed E-state index contributed by atoms with van der Waals surface area (Å²) in [4.78, 5) is 0. The van der Waals surface area contributed by atoms with Crippen LogP contribution in [0.4, 0.5) is 0 Å². The molecule has 0 heterocycles. The lowest BCUT2D eigenvalue weighted by atomic mass is 10.2. The highest BCUT2D eigenvalue weighted by molar-refractivity contribution is 9.11. The Balaban J connectivity index is 2.89. The van der Waals surface area contributed by atoms with Crippen molar-refractivity contribution in [1.29, 1.82) is 0 Å². The number of halogens is 2. The minimum atomic E-state index is 0.0951. The Hall–Kier alpha value is -0.120. The molecule has 0 spiro atoms. The van der Waals surface area contributed by atoms with E-state index in [9.17, 15) is 0 Å². The van der Waals surface area contributed by atoms with Gasteiger partial charge in [-0.25, -0.2) is 0 Å². The van der Waals surface area contributed by atoms with Crippen LogP contribution < -0.4 is 5.73 Å². The number of benzene rings is 1. The molecule has 1 aromatic carbocycles. The molecule has 0 amide bonds. The van der Waals surface area contributed by atoms with E-state index in [1.807, 2.05) is 37.3 Å². The van der Waals surface area contributed by atoms with E-state index in [-0.39, 0.29) is 6.04 Å². The van der Waals surface area contributed by atoms with Gasteiger partial charge >= 0.3 is 0 Å². The van der Waals surface area contributed by atoms with E-state index < -0.39 is 0 Å². The third-order valence-corrected chi connectivity index (χ3v) is 2.39. The van der Waals surface area contributed by atoms with Gasteiger partial charge in [0.15, 0.2) is 0 Å². The standard InChI is InChI=1S/C10H11Br2N/c1-7(13)2-3-8-4-9(11)6-10(12)5-8/h2-7H,13H2,1H3/b3-2+. The lowest BCUT2D eigenvalue weighted by Gasteiger charge is -1.98. The van der Waals surface area contributed by atoms with Crippen LogP contribution in [-0.4, -0.2) is 6.04 Å². The maximum atomic E-state index is 5.61. The molecule has 0 saturated carbocycles. The molecule has 1 atom stereocenters. The zero-order valence-corrected chi connectivity index (χ0v) is 10.5. The third-order valence-electron chi connectivity index (χ3n) is 1.48. The first kappa shape index (κ1) is 11.0. The molecule has 70 valence electrons. The topological polar surface area (TPSA) is 26.0 Å². The Morgan fingerprint density at radius 3 is 2.23 bits per heavy atom. The van der Waals surface area contributed by atoms with E-state index in [1.165, 1.54) is 0 Å². The van der Waals surface area contributed by atoms with Crippen LogP contribution in [0, 0.1) is 0 Å². The van der Waals surface area contributed by atoms with Crippen molar-refractivity contribution in [2.24, 2.45) is 5.73 Å². The van der Waals surface area contributed by atoms with Gasteiger partial charge in [0.2, 0.25) is 0 Å². The number of rotatable bonds is 2. The second-order valence-electron chi connectivity index (χ2n) is 2.92. The Labute approximate surface area is 95.3 Å². The second-order valence-corrected chi connectivity index (χ2v) is 4.75. The van der Waals surface area contributed by atoms with Crippen molar-refractivity contribution in [3.63, 3.8) is 0 Å². The molecule has 1 aromatic rings. The first-order valence-electron chi connectivity index (χ1n) is 3.98. The summed E-state index contributed by atoms with van der Waals surface area (Å²) in [5, 5.41) is 0. The molecule has 1 nitrogen and oxygen atoms in total. The minimum absolute atomic E-state index is 0.0951. The smallest absolute Gasteiger partial charge is 0.0198 e. The van der Waals surface area contributed by atoms with Crippen molar-refractivity contribution in [3.05, 3.63) is 38.8 Å². The van der Waals surface area contributed by atoms with Crippen LogP contribution in [0.1, 0.15) is 12.5 Å². The lowest BCUT2D eigenvalue weighted by molar-refractivity contribution is 0.931. The summed E-state index contributed by atoms with van der Waals surface area (Å²) in [6.07, 6.45) is 3.98. The van der Waals surface area contributed by atoms with E-state index in [2.05, 4.69) is 31.9 Å². The highest BCUT2D eigenvalue weighted by Crippen LogP contribution is 2.20. The molecule has 0 aliphatic heterocycles. The fourth-order valence-electron chi connectivity index (χ4n) is 0.934. The highest BCUT2D eigenvalue weighted by atomic mass is 79.9. The number of nitrogens with two attached hydrogens (primary N) is 1. The zero-order valence-electron chi connectivity index (χ0n) is 7.30. The van der Waals surface area contributed by atoms with Crippen LogP contribution in [0.3, 0.4) is 0 Å². The van der Waals surface area contributed by atoms with E-state index in [0.29, 0.717) is 0 Å². The van der Waals surface area contributed by atoms with Crippen molar-refractivity contribution < 1.29 is 0 Å². The molecule has 0 fully saturated rings. The predicted octanol–water partition coefficient (Wildman–Crippen LogP) is 3.57. The average molecular weight is 305 g/mol. The summed E-state index contributed by atoms with van der Waals surface area (Å²) in [6.45, 7) is 1.95. The average Bonchev–Trinajstić information content (AvgIpc) is 1.99. The molecule has 2 N–H and O–H groups in total. The van der Waals surface area contributed by atoms with Crippen molar-refractivity contribution >= 4 is 37.9 Å². The molecular weight excluding hydrogens is 294 g/mol. The Kier molecular flexibility index (Phi) is 4.16. The largest absolute Gasteiger partial charge is 0.325 e. The Bertz CT molecular complexity index is 298. The quantitative estimate of drug-likeness (QED) is 0.888. The van der Waals surface area contributed by atoms with Gasteiger partial charge in [-0.3, -0.25) is 0 Å². The molecule has 0 aliphatic carbocycles. The van der Waals surface area contributed by atoms with Crippen LogP contribution in [0.5, 0.6) is 0 Å². The molecule has 3 heteroatoms. The van der Waals surface area contributed by atoms with Crippen molar-refractivity contribution in [2.45, 2.75) is 13.0 Å². The van der Waals surface area contributed by atoms with Crippen molar-refractivity contribution in [3.8, 4) is 0 Å². The maximum Gasteiger partial charge on any atom is 0.0198 e. The van der Waals surface area contributed by atoms with Crippen LogP contribution in [-0.2, 0) is 0 Å². The van der Waals surface area contributed by atoms with E-state index in [0.717, 1.165) is 14.5 Å². The summed E-state index contributed by atoms with van der Waals surface area (Å²) in [7, 11) is 0. The summed E-state index contributed by atoms with van der Waals surface area (Å²) in [5.74, 6) is 0. The fraction of sp³-hybridized carbons (Fsp3) is 0.200. The molecule has 0 bridgehead atoms. The molecular formula is C10H11Br2N. The molecule has 13 heavy (non-hydrogen) atoms. The van der Waals surface area contributed by atoms with E-state index in [4.69, 9.17) is 5.73 Å². The van der Waals surface area contributed by atoms with Crippen molar-refractivity contribution in [2.75, 3.05) is 0 Å². The third kappa shape index (κ3) is 4.07. The summed E-state index contributed by atoms with van der Waals surface area (Å²) >= 11 is 6.85. The molecule has 1 unspecified atom stereocenters. The van der Waals surface area contributed by atoms with Crippen LogP contribution in [0.25, 0.3) is 6.08 Å². The normalized spacial score (nSPS) is 13.5. The van der Waals surface area contributed by atoms with Gasteiger partial charge in [-0.05, 0) is 30.7 Å². The van der Waals surface area contributed by atoms with Gasteiger partial charge in [-0.15, -0.1) is 0 Å². The monoisotopic (exact) mass is 303 g/mol. The summed E-state index contributed by atoms with van der Waals surface area (Å²) in [5.41, 5.74) is 6.74. The first-order chi connectivity index (χ1) is 6.08. The van der Waals surface area contributed by atoms with Gasteiger partial charge in [0.05, 0.1) is 0 Å². The van der Waals surface area contributed by atoms with Crippen LogP contribution in [0.15, 0.2) is 33.2 Å². The van der Waals surface area contributed by atoms with Crippen molar-refractivity contribution in [1.82, 2.24) is 0 Å². The van der Waals surface area contributed by atoms with Gasteiger partial charge in [-0.2, -0.15) is 0 Å². The predicted molar refractivity (Wildman–Crippen MR) is 64.5 cm³/mol. The number of hydrogen-bond acceptors (Lipinski definition) is 1. The molecule has 0 aromatic heterocycles. The lowest BCUT2D eigenvalue weighted by Crippen LogP contribution is -2.09. The zero-order chi connectivity index (χ0) is 9.84. The van der Waals surface area contributed by atoms with E-state index >= 15 is 0 Å². The van der Waals surface area contributed by atoms with Gasteiger partial charge < -0.3 is 5.73 Å². The van der Waals surface area contributed by atoms with Crippen LogP contribution in [0.2, 0.25) is 0 Å². The molecule has 0 aliphatic rings. The van der Waals surface area contributed by atoms with Gasteiger partial charge in [-0.1, -0.05) is 44.0 Å². The maximum absolute atomic E-state index is 5.61. The Morgan fingerprint density at radius 1 is 1.23 bits per heavy atom. The van der Waals surface area contributed by atoms with Crippen LogP contribution >= 0.6 is 31.9 Å². The first-order valence-corrected chi connectivity index (χ1v) is 5.56. The number of hydrogen-bond donors (Lipinski definition) is 1. The minimum Gasteiger partial charge on any atom is -0.325 e. The Morgan fingerprint density at radius 2 is 1.77 bits per heavy atom. The van der Waals surface area contributed by atoms with Gasteiger partial charge in [0, 0.05) is 15.0 Å². The summed E-state index contributed by atoms with van der Waals surface area (Å²) < 4.78 is 2.12. The fourth-order valence-corrected chi connectivity index (χ4v) is 2.26. The molecule has 0 saturated heterocycles. The second kappa shape index (κ2) is 4.94. The summed E-state index contributed by atoms with van der Waals surface area (Å²) in [6, 6.07) is 6.19. The molecule has 1 rings (SSSR count).